The highest BCUT2D eigenvalue weighted by atomic mass is 16.6. The van der Waals surface area contributed by atoms with Crippen LogP contribution in [-0.4, -0.2) is 99.1 Å². The second-order valence-electron chi connectivity index (χ2n) is 16.8. The number of unbranched alkanes of at least 4 members (excludes halogenated alkanes) is 1. The highest BCUT2D eigenvalue weighted by Gasteiger charge is 2.42. The van der Waals surface area contributed by atoms with E-state index in [9.17, 15) is 19.2 Å². The van der Waals surface area contributed by atoms with Crippen molar-refractivity contribution in [3.63, 3.8) is 0 Å². The Balaban J connectivity index is 0.804. The number of rotatable bonds is 14. The molecule has 5 atom stereocenters. The number of alkyl carbamates (subject to hydrolysis) is 2. The van der Waals surface area contributed by atoms with Crippen LogP contribution in [0.25, 0.3) is 0 Å². The van der Waals surface area contributed by atoms with Crippen molar-refractivity contribution < 1.29 is 38.1 Å². The van der Waals surface area contributed by atoms with E-state index < -0.39 is 24.3 Å². The van der Waals surface area contributed by atoms with Gasteiger partial charge in [-0.2, -0.15) is 0 Å². The molecule has 322 valence electrons. The van der Waals surface area contributed by atoms with E-state index in [-0.39, 0.29) is 41.8 Å². The number of likely N-dealkylation sites (tertiary alicyclic amines) is 1. The van der Waals surface area contributed by atoms with Crippen LogP contribution in [0.3, 0.4) is 0 Å². The molecular formula is C44H58N8O8. The summed E-state index contributed by atoms with van der Waals surface area (Å²) >= 11 is 0. The Labute approximate surface area is 351 Å². The molecule has 0 spiro atoms. The van der Waals surface area contributed by atoms with Gasteiger partial charge in [-0.05, 0) is 98.6 Å². The second kappa shape index (κ2) is 18.8. The zero-order chi connectivity index (χ0) is 41.6. The third kappa shape index (κ3) is 9.26. The van der Waals surface area contributed by atoms with Crippen LogP contribution in [0.2, 0.25) is 0 Å². The Bertz CT molecular complexity index is 1980. The van der Waals surface area contributed by atoms with Gasteiger partial charge in [0.05, 0.1) is 51.3 Å². The topological polar surface area (TPSA) is 193 Å². The summed E-state index contributed by atoms with van der Waals surface area (Å²) in [5.41, 5.74) is 2.06. The number of amidine groups is 2. The number of nitrogens with zero attached hydrogens (tertiary/aromatic N) is 3. The maximum Gasteiger partial charge on any atom is 0.407 e. The van der Waals surface area contributed by atoms with Crippen molar-refractivity contribution in [1.82, 2.24) is 31.5 Å². The number of nitrogens with one attached hydrogen (secondary N) is 5. The molecule has 2 aromatic rings. The van der Waals surface area contributed by atoms with Gasteiger partial charge in [0.15, 0.2) is 23.0 Å². The fourth-order valence-electron chi connectivity index (χ4n) is 9.70. The number of carbonyl (C=O) groups excluding carboxylic acids is 4. The minimum absolute atomic E-state index is 0.0142. The van der Waals surface area contributed by atoms with Gasteiger partial charge >= 0.3 is 12.2 Å². The first-order chi connectivity index (χ1) is 29.3. The van der Waals surface area contributed by atoms with E-state index in [4.69, 9.17) is 28.9 Å². The monoisotopic (exact) mass is 826 g/mol. The van der Waals surface area contributed by atoms with Crippen molar-refractivity contribution in [2.24, 2.45) is 21.8 Å². The first kappa shape index (κ1) is 41.2. The van der Waals surface area contributed by atoms with Crippen LogP contribution in [0.15, 0.2) is 46.4 Å². The first-order valence-electron chi connectivity index (χ1n) is 21.8. The number of hydrogen-bond donors (Lipinski definition) is 5. The molecule has 0 aromatic heterocycles. The van der Waals surface area contributed by atoms with Crippen LogP contribution < -0.4 is 36.1 Å². The number of ether oxygens (including phenoxy) is 4. The van der Waals surface area contributed by atoms with Crippen LogP contribution in [0.1, 0.15) is 107 Å². The maximum absolute atomic E-state index is 13.9. The minimum Gasteiger partial charge on any atom is -0.453 e. The highest BCUT2D eigenvalue weighted by Crippen LogP contribution is 2.47. The Kier molecular flexibility index (Phi) is 12.9. The van der Waals surface area contributed by atoms with Crippen LogP contribution in [-0.2, 0) is 19.1 Å². The molecule has 0 radical (unpaired) electrons. The lowest BCUT2D eigenvalue weighted by Crippen LogP contribution is -2.55. The molecule has 16 nitrogen and oxygen atoms in total. The number of amides is 4. The van der Waals surface area contributed by atoms with Crippen molar-refractivity contribution in [2.45, 2.75) is 114 Å². The summed E-state index contributed by atoms with van der Waals surface area (Å²) in [7, 11) is 2.64. The number of benzene rings is 2. The molecule has 16 heteroatoms. The van der Waals surface area contributed by atoms with Crippen molar-refractivity contribution in [1.29, 1.82) is 0 Å². The third-order valence-electron chi connectivity index (χ3n) is 13.0. The molecule has 8 rings (SSSR count). The van der Waals surface area contributed by atoms with Crippen LogP contribution >= 0.6 is 0 Å². The van der Waals surface area contributed by atoms with Crippen molar-refractivity contribution in [3.8, 4) is 23.0 Å². The molecule has 4 amide bonds. The average molecular weight is 827 g/mol. The van der Waals surface area contributed by atoms with Crippen molar-refractivity contribution in [3.05, 3.63) is 47.5 Å². The fourth-order valence-corrected chi connectivity index (χ4v) is 9.70. The number of aliphatic imine (C=N–C) groups is 2. The molecular weight excluding hydrogens is 769 g/mol. The minimum atomic E-state index is -0.598. The molecule has 2 aliphatic carbocycles. The summed E-state index contributed by atoms with van der Waals surface area (Å²) in [4.78, 5) is 62.5. The lowest BCUT2D eigenvalue weighted by molar-refractivity contribution is -0.134. The molecule has 1 saturated heterocycles. The largest absolute Gasteiger partial charge is 0.453 e. The van der Waals surface area contributed by atoms with Gasteiger partial charge in [0.25, 0.3) is 0 Å². The summed E-state index contributed by atoms with van der Waals surface area (Å²) < 4.78 is 22.4. The van der Waals surface area contributed by atoms with Gasteiger partial charge in [-0.25, -0.2) is 9.59 Å². The van der Waals surface area contributed by atoms with Gasteiger partial charge in [0.2, 0.25) is 11.8 Å². The number of hydrogen-bond acceptors (Lipinski definition) is 12. The lowest BCUT2D eigenvalue weighted by atomic mass is 9.96. The standard InChI is InChI=1S/C44H58N8O8/c1-57-43(55)50-38(26-10-3-4-11-26)41(53)45-20-8-7-15-37-46-24-30(48-37)28-16-18-33-35(22-28)59-34-19-17-29(23-36(34)60-33)31-25-47-40(49-31)32-14-9-21-52(32)42(54)39(51-44(56)58-2)27-12-5-6-13-27/h16-19,22-23,26-27,30-32,38-39H,3-15,20-21,24-25H2,1-2H3,(H,45,53)(H,46,48)(H,47,49)(H,50,55)(H,51,56)/t30?,31?,32-,38-,39-/m0/s1. The highest BCUT2D eigenvalue weighted by molar-refractivity contribution is 5.95. The van der Waals surface area contributed by atoms with E-state index in [1.807, 2.05) is 41.3 Å². The van der Waals surface area contributed by atoms with Crippen molar-refractivity contribution >= 4 is 35.7 Å². The van der Waals surface area contributed by atoms with E-state index in [2.05, 4.69) is 26.6 Å². The first-order valence-corrected chi connectivity index (χ1v) is 21.8. The Morgan fingerprint density at radius 3 is 1.95 bits per heavy atom. The summed E-state index contributed by atoms with van der Waals surface area (Å²) in [6.45, 7) is 2.30. The zero-order valence-electron chi connectivity index (χ0n) is 34.6. The molecule has 2 aromatic carbocycles. The molecule has 4 heterocycles. The number of methoxy groups -OCH3 is 2. The number of fused-ring (bicyclic) bond motifs is 2. The predicted octanol–water partition coefficient (Wildman–Crippen LogP) is 5.78. The predicted molar refractivity (Wildman–Crippen MR) is 224 cm³/mol. The molecule has 4 aliphatic heterocycles. The van der Waals surface area contributed by atoms with Gasteiger partial charge in [-0.3, -0.25) is 19.6 Å². The zero-order valence-corrected chi connectivity index (χ0v) is 34.6. The summed E-state index contributed by atoms with van der Waals surface area (Å²) in [5.74, 6) is 4.32. The molecule has 60 heavy (non-hydrogen) atoms. The smallest absolute Gasteiger partial charge is 0.407 e. The summed E-state index contributed by atoms with van der Waals surface area (Å²) in [6, 6.07) is 10.5. The van der Waals surface area contributed by atoms with Gasteiger partial charge in [0, 0.05) is 19.5 Å². The SMILES string of the molecule is COC(=O)N[C@H](C(=O)NCCCCC1=NCC(c2ccc3c(c2)Oc2ccc(C4CN=C([C@@H]5CCCN5C(=O)[C@@H](NC(=O)OC)C5CCCC5)N4)cc2O3)N1)C1CCCC1. The normalized spacial score (nSPS) is 23.1. The third-order valence-corrected chi connectivity index (χ3v) is 13.0. The van der Waals surface area contributed by atoms with E-state index in [1.165, 1.54) is 14.2 Å². The second-order valence-corrected chi connectivity index (χ2v) is 16.8. The van der Waals surface area contributed by atoms with E-state index in [0.717, 1.165) is 106 Å². The van der Waals surface area contributed by atoms with Gasteiger partial charge in [0.1, 0.15) is 17.9 Å². The molecule has 2 saturated carbocycles. The van der Waals surface area contributed by atoms with Gasteiger partial charge in [-0.15, -0.1) is 0 Å². The lowest BCUT2D eigenvalue weighted by Gasteiger charge is -2.32. The average Bonchev–Trinajstić information content (AvgIpc) is 4.13. The molecule has 5 N–H and O–H groups in total. The Morgan fingerprint density at radius 2 is 1.32 bits per heavy atom. The van der Waals surface area contributed by atoms with Crippen molar-refractivity contribution in [2.75, 3.05) is 40.4 Å². The molecule has 0 bridgehead atoms. The Hall–Kier alpha value is -5.54. The van der Waals surface area contributed by atoms with Crippen LogP contribution in [0.5, 0.6) is 23.0 Å². The quantitative estimate of drug-likeness (QED) is 0.125. The molecule has 2 unspecified atom stereocenters. The number of carbonyl (C=O) groups is 4. The fraction of sp³-hybridized carbons (Fsp3) is 0.591. The maximum atomic E-state index is 13.9. The van der Waals surface area contributed by atoms with Gasteiger partial charge < -0.3 is 50.4 Å². The van der Waals surface area contributed by atoms with Crippen LogP contribution in [0.4, 0.5) is 9.59 Å². The summed E-state index contributed by atoms with van der Waals surface area (Å²) in [5, 5.41) is 15.7. The van der Waals surface area contributed by atoms with Crippen LogP contribution in [0, 0.1) is 11.8 Å². The molecule has 6 aliphatic rings. The molecule has 3 fully saturated rings. The Morgan fingerprint density at radius 1 is 0.733 bits per heavy atom. The van der Waals surface area contributed by atoms with Gasteiger partial charge in [-0.1, -0.05) is 37.8 Å². The summed E-state index contributed by atoms with van der Waals surface area (Å²) in [6.07, 6.45) is 10.9. The van der Waals surface area contributed by atoms with E-state index in [0.29, 0.717) is 49.2 Å². The van der Waals surface area contributed by atoms with E-state index >= 15 is 0 Å². The van der Waals surface area contributed by atoms with E-state index in [1.54, 1.807) is 0 Å².